The quantitative estimate of drug-likeness (QED) is 0.703. The van der Waals surface area contributed by atoms with Gasteiger partial charge in [-0.15, -0.1) is 0 Å². The van der Waals surface area contributed by atoms with Crippen molar-refractivity contribution in [2.24, 2.45) is 0 Å². The van der Waals surface area contributed by atoms with Crippen LogP contribution < -0.4 is 14.8 Å². The summed E-state index contributed by atoms with van der Waals surface area (Å²) in [6, 6.07) is 15.7. The Morgan fingerprint density at radius 2 is 1.81 bits per heavy atom. The van der Waals surface area contributed by atoms with Crippen LogP contribution in [0.4, 0.5) is 5.13 Å². The maximum Gasteiger partial charge on any atom is 0.183 e. The predicted octanol–water partition coefficient (Wildman–Crippen LogP) is 3.80. The molecule has 108 valence electrons. The van der Waals surface area contributed by atoms with Crippen LogP contribution in [0.3, 0.4) is 0 Å². The number of anilines is 1. The highest BCUT2D eigenvalue weighted by molar-refractivity contribution is 7.22. The predicted molar refractivity (Wildman–Crippen MR) is 86.6 cm³/mol. The van der Waals surface area contributed by atoms with E-state index in [0.717, 1.165) is 22.1 Å². The van der Waals surface area contributed by atoms with Crippen molar-refractivity contribution < 1.29 is 9.47 Å². The molecular formula is C16H16N2O2S. The first kappa shape index (κ1) is 13.7. The van der Waals surface area contributed by atoms with Crippen molar-refractivity contribution in [3.05, 3.63) is 48.5 Å². The minimum Gasteiger partial charge on any atom is -0.497 e. The molecule has 0 spiro atoms. The maximum atomic E-state index is 5.66. The van der Waals surface area contributed by atoms with Crippen LogP contribution in [0.15, 0.2) is 48.5 Å². The SMILES string of the molecule is COc1ccc(OCCNc2nc3ccccc3s2)cc1. The van der Waals surface area contributed by atoms with Crippen LogP contribution in [0.1, 0.15) is 0 Å². The number of nitrogens with one attached hydrogen (secondary N) is 1. The molecule has 0 bridgehead atoms. The van der Waals surface area contributed by atoms with Crippen LogP contribution >= 0.6 is 11.3 Å². The zero-order valence-electron chi connectivity index (χ0n) is 11.7. The van der Waals surface area contributed by atoms with Gasteiger partial charge in [0.1, 0.15) is 18.1 Å². The first-order chi connectivity index (χ1) is 10.3. The second-order valence-corrected chi connectivity index (χ2v) is 5.47. The van der Waals surface area contributed by atoms with Gasteiger partial charge in [0.2, 0.25) is 0 Å². The lowest BCUT2D eigenvalue weighted by Crippen LogP contribution is -2.11. The number of thiazole rings is 1. The molecule has 5 heteroatoms. The Labute approximate surface area is 127 Å². The third-order valence-corrected chi connectivity index (χ3v) is 3.99. The van der Waals surface area contributed by atoms with Crippen LogP contribution in [-0.2, 0) is 0 Å². The Morgan fingerprint density at radius 1 is 1.05 bits per heavy atom. The molecule has 0 amide bonds. The molecule has 4 nitrogen and oxygen atoms in total. The van der Waals surface area contributed by atoms with E-state index in [-0.39, 0.29) is 0 Å². The third kappa shape index (κ3) is 3.44. The molecule has 0 aliphatic rings. The van der Waals surface area contributed by atoms with Gasteiger partial charge in [0.05, 0.1) is 23.9 Å². The van der Waals surface area contributed by atoms with E-state index in [4.69, 9.17) is 9.47 Å². The van der Waals surface area contributed by atoms with E-state index < -0.39 is 0 Å². The highest BCUT2D eigenvalue weighted by atomic mass is 32.1. The van der Waals surface area contributed by atoms with Gasteiger partial charge in [-0.05, 0) is 36.4 Å². The largest absolute Gasteiger partial charge is 0.497 e. The molecule has 0 unspecified atom stereocenters. The lowest BCUT2D eigenvalue weighted by atomic mass is 10.3. The average Bonchev–Trinajstić information content (AvgIpc) is 2.95. The number of rotatable bonds is 6. The summed E-state index contributed by atoms with van der Waals surface area (Å²) >= 11 is 1.65. The summed E-state index contributed by atoms with van der Waals surface area (Å²) in [5.74, 6) is 1.66. The molecule has 21 heavy (non-hydrogen) atoms. The number of nitrogens with zero attached hydrogens (tertiary/aromatic N) is 1. The van der Waals surface area contributed by atoms with E-state index in [1.54, 1.807) is 18.4 Å². The Hall–Kier alpha value is -2.27. The summed E-state index contributed by atoms with van der Waals surface area (Å²) in [7, 11) is 1.65. The summed E-state index contributed by atoms with van der Waals surface area (Å²) in [5, 5.41) is 4.21. The number of benzene rings is 2. The molecule has 0 aliphatic heterocycles. The van der Waals surface area contributed by atoms with Gasteiger partial charge in [-0.3, -0.25) is 0 Å². The zero-order valence-corrected chi connectivity index (χ0v) is 12.5. The zero-order chi connectivity index (χ0) is 14.5. The van der Waals surface area contributed by atoms with Crippen molar-refractivity contribution >= 4 is 26.7 Å². The van der Waals surface area contributed by atoms with E-state index in [1.165, 1.54) is 4.70 Å². The van der Waals surface area contributed by atoms with Gasteiger partial charge >= 0.3 is 0 Å². The smallest absolute Gasteiger partial charge is 0.183 e. The van der Waals surface area contributed by atoms with Gasteiger partial charge in [-0.1, -0.05) is 23.5 Å². The molecule has 0 fully saturated rings. The van der Waals surface area contributed by atoms with Crippen LogP contribution in [0, 0.1) is 0 Å². The van der Waals surface area contributed by atoms with Gasteiger partial charge in [-0.25, -0.2) is 4.98 Å². The van der Waals surface area contributed by atoms with Crippen molar-refractivity contribution in [2.45, 2.75) is 0 Å². The second-order valence-electron chi connectivity index (χ2n) is 4.44. The molecule has 2 aromatic carbocycles. The van der Waals surface area contributed by atoms with Gasteiger partial charge in [-0.2, -0.15) is 0 Å². The summed E-state index contributed by atoms with van der Waals surface area (Å²) < 4.78 is 12.0. The van der Waals surface area contributed by atoms with Crippen molar-refractivity contribution in [3.8, 4) is 11.5 Å². The molecule has 1 N–H and O–H groups in total. The topological polar surface area (TPSA) is 43.4 Å². The van der Waals surface area contributed by atoms with Gasteiger partial charge in [0.15, 0.2) is 5.13 Å². The standard InChI is InChI=1S/C16H16N2O2S/c1-19-12-6-8-13(9-7-12)20-11-10-17-16-18-14-4-2-3-5-15(14)21-16/h2-9H,10-11H2,1H3,(H,17,18). The highest BCUT2D eigenvalue weighted by Crippen LogP contribution is 2.25. The van der Waals surface area contributed by atoms with Crippen LogP contribution in [0.2, 0.25) is 0 Å². The number of fused-ring (bicyclic) bond motifs is 1. The van der Waals surface area contributed by atoms with Gasteiger partial charge < -0.3 is 14.8 Å². The Morgan fingerprint density at radius 3 is 2.57 bits per heavy atom. The third-order valence-electron chi connectivity index (χ3n) is 3.00. The fourth-order valence-corrected chi connectivity index (χ4v) is 2.84. The molecule has 1 heterocycles. The molecule has 0 radical (unpaired) electrons. The van der Waals surface area contributed by atoms with E-state index in [0.29, 0.717) is 13.2 Å². The number of hydrogen-bond donors (Lipinski definition) is 1. The van der Waals surface area contributed by atoms with E-state index in [1.807, 2.05) is 42.5 Å². The van der Waals surface area contributed by atoms with Crippen LogP contribution in [0.5, 0.6) is 11.5 Å². The van der Waals surface area contributed by atoms with Crippen molar-refractivity contribution in [2.75, 3.05) is 25.6 Å². The molecule has 0 saturated carbocycles. The Bertz CT molecular complexity index is 677. The molecule has 0 atom stereocenters. The molecule has 3 aromatic rings. The average molecular weight is 300 g/mol. The molecular weight excluding hydrogens is 284 g/mol. The molecule has 1 aromatic heterocycles. The number of hydrogen-bond acceptors (Lipinski definition) is 5. The fraction of sp³-hybridized carbons (Fsp3) is 0.188. The number of aromatic nitrogens is 1. The summed E-state index contributed by atoms with van der Waals surface area (Å²) in [6.45, 7) is 1.30. The summed E-state index contributed by atoms with van der Waals surface area (Å²) in [5.41, 5.74) is 1.03. The van der Waals surface area contributed by atoms with Gasteiger partial charge in [0, 0.05) is 0 Å². The lowest BCUT2D eigenvalue weighted by Gasteiger charge is -2.07. The number of ether oxygens (including phenoxy) is 2. The summed E-state index contributed by atoms with van der Waals surface area (Å²) in [6.07, 6.45) is 0. The normalized spacial score (nSPS) is 10.5. The number of methoxy groups -OCH3 is 1. The van der Waals surface area contributed by atoms with Gasteiger partial charge in [0.25, 0.3) is 0 Å². The van der Waals surface area contributed by atoms with Crippen molar-refractivity contribution in [1.29, 1.82) is 0 Å². The maximum absolute atomic E-state index is 5.66. The summed E-state index contributed by atoms with van der Waals surface area (Å²) in [4.78, 5) is 4.52. The van der Waals surface area contributed by atoms with E-state index in [2.05, 4.69) is 16.4 Å². The second kappa shape index (κ2) is 6.45. The van der Waals surface area contributed by atoms with Crippen molar-refractivity contribution in [3.63, 3.8) is 0 Å². The Balaban J connectivity index is 1.49. The number of para-hydroxylation sites is 1. The first-order valence-electron chi connectivity index (χ1n) is 6.71. The van der Waals surface area contributed by atoms with Crippen LogP contribution in [0.25, 0.3) is 10.2 Å². The monoisotopic (exact) mass is 300 g/mol. The molecule has 0 saturated heterocycles. The van der Waals surface area contributed by atoms with E-state index in [9.17, 15) is 0 Å². The molecule has 0 aliphatic carbocycles. The minimum atomic E-state index is 0.586. The first-order valence-corrected chi connectivity index (χ1v) is 7.53. The highest BCUT2D eigenvalue weighted by Gasteiger charge is 2.02. The van der Waals surface area contributed by atoms with Crippen LogP contribution in [-0.4, -0.2) is 25.2 Å². The fourth-order valence-electron chi connectivity index (χ4n) is 1.95. The van der Waals surface area contributed by atoms with E-state index >= 15 is 0 Å². The minimum absolute atomic E-state index is 0.586. The van der Waals surface area contributed by atoms with Crippen molar-refractivity contribution in [1.82, 2.24) is 4.98 Å². The molecule has 3 rings (SSSR count). The Kier molecular flexibility index (Phi) is 4.21. The lowest BCUT2D eigenvalue weighted by molar-refractivity contribution is 0.332.